The van der Waals surface area contributed by atoms with Gasteiger partial charge in [0.25, 0.3) is 5.91 Å². The summed E-state index contributed by atoms with van der Waals surface area (Å²) in [7, 11) is 0. The molecule has 20 heavy (non-hydrogen) atoms. The van der Waals surface area contributed by atoms with E-state index in [0.29, 0.717) is 18.8 Å². The summed E-state index contributed by atoms with van der Waals surface area (Å²) in [6, 6.07) is 3.53. The van der Waals surface area contributed by atoms with Crippen molar-refractivity contribution < 1.29 is 14.3 Å². The smallest absolute Gasteiger partial charge is 0.287 e. The van der Waals surface area contributed by atoms with Crippen molar-refractivity contribution in [1.29, 1.82) is 0 Å². The Morgan fingerprint density at radius 3 is 2.65 bits per heavy atom. The van der Waals surface area contributed by atoms with Gasteiger partial charge in [0.05, 0.1) is 12.1 Å². The van der Waals surface area contributed by atoms with Gasteiger partial charge in [-0.25, -0.2) is 0 Å². The number of hydrogen-bond donors (Lipinski definition) is 2. The molecule has 1 amide bonds. The zero-order valence-electron chi connectivity index (χ0n) is 12.3. The van der Waals surface area contributed by atoms with Crippen LogP contribution < -0.4 is 5.32 Å². The van der Waals surface area contributed by atoms with Gasteiger partial charge in [-0.3, -0.25) is 9.69 Å². The van der Waals surface area contributed by atoms with Crippen molar-refractivity contribution >= 4 is 5.91 Å². The van der Waals surface area contributed by atoms with Crippen molar-refractivity contribution in [1.82, 2.24) is 10.2 Å². The van der Waals surface area contributed by atoms with Gasteiger partial charge >= 0.3 is 0 Å². The normalized spacial score (nSPS) is 17.0. The van der Waals surface area contributed by atoms with E-state index in [-0.39, 0.29) is 5.91 Å². The Bertz CT molecular complexity index is 448. The van der Waals surface area contributed by atoms with Crippen molar-refractivity contribution in [2.45, 2.75) is 45.3 Å². The van der Waals surface area contributed by atoms with E-state index < -0.39 is 5.60 Å². The first-order valence-corrected chi connectivity index (χ1v) is 7.38. The maximum atomic E-state index is 11.9. The molecule has 2 rings (SSSR count). The van der Waals surface area contributed by atoms with Crippen molar-refractivity contribution in [2.75, 3.05) is 19.6 Å². The summed E-state index contributed by atoms with van der Waals surface area (Å²) < 4.78 is 5.56. The number of rotatable bonds is 7. The lowest BCUT2D eigenvalue weighted by Crippen LogP contribution is -2.47. The van der Waals surface area contributed by atoms with Crippen LogP contribution in [0.5, 0.6) is 0 Å². The van der Waals surface area contributed by atoms with Gasteiger partial charge < -0.3 is 14.8 Å². The van der Waals surface area contributed by atoms with E-state index in [9.17, 15) is 9.90 Å². The van der Waals surface area contributed by atoms with Crippen LogP contribution in [-0.2, 0) is 6.54 Å². The second kappa shape index (κ2) is 6.41. The maximum Gasteiger partial charge on any atom is 0.287 e. The van der Waals surface area contributed by atoms with Gasteiger partial charge in [-0.05, 0) is 44.5 Å². The Hall–Kier alpha value is -1.33. The summed E-state index contributed by atoms with van der Waals surface area (Å²) in [4.78, 5) is 14.2. The van der Waals surface area contributed by atoms with Gasteiger partial charge in [-0.15, -0.1) is 0 Å². The third-order valence-electron chi connectivity index (χ3n) is 4.02. The second-order valence-electron chi connectivity index (χ2n) is 5.49. The van der Waals surface area contributed by atoms with E-state index in [1.807, 2.05) is 6.07 Å². The minimum atomic E-state index is -0.702. The molecule has 0 aromatic carbocycles. The highest BCUT2D eigenvalue weighted by molar-refractivity contribution is 5.91. The molecule has 1 aromatic heterocycles. The first kappa shape index (κ1) is 15.1. The van der Waals surface area contributed by atoms with E-state index in [4.69, 9.17) is 4.42 Å². The minimum absolute atomic E-state index is 0.254. The Kier molecular flexibility index (Phi) is 4.83. The number of amides is 1. The van der Waals surface area contributed by atoms with Gasteiger partial charge in [0.15, 0.2) is 5.76 Å². The predicted octanol–water partition coefficient (Wildman–Crippen LogP) is 1.77. The Morgan fingerprint density at radius 1 is 1.40 bits per heavy atom. The largest absolute Gasteiger partial charge is 0.455 e. The van der Waals surface area contributed by atoms with Crippen LogP contribution >= 0.6 is 0 Å². The van der Waals surface area contributed by atoms with Gasteiger partial charge in [0, 0.05) is 6.54 Å². The second-order valence-corrected chi connectivity index (χ2v) is 5.49. The molecule has 5 nitrogen and oxygen atoms in total. The van der Waals surface area contributed by atoms with Crippen molar-refractivity contribution in [2.24, 2.45) is 0 Å². The summed E-state index contributed by atoms with van der Waals surface area (Å²) in [6.07, 6.45) is 2.55. The third-order valence-corrected chi connectivity index (χ3v) is 4.02. The highest BCUT2D eigenvalue weighted by atomic mass is 16.4. The zero-order chi connectivity index (χ0) is 14.6. The molecule has 1 aromatic rings. The first-order chi connectivity index (χ1) is 9.56. The fourth-order valence-electron chi connectivity index (χ4n) is 2.35. The SMILES string of the molecule is CCN(CC)Cc1ccc(C(=O)NCC2(O)CCC2)o1. The molecule has 1 aliphatic rings. The Labute approximate surface area is 119 Å². The zero-order valence-corrected chi connectivity index (χ0v) is 12.3. The van der Waals surface area contributed by atoms with E-state index in [2.05, 4.69) is 24.1 Å². The molecule has 0 saturated heterocycles. The molecule has 5 heteroatoms. The van der Waals surface area contributed by atoms with Crippen LogP contribution in [0.3, 0.4) is 0 Å². The first-order valence-electron chi connectivity index (χ1n) is 7.38. The quantitative estimate of drug-likeness (QED) is 0.799. The molecule has 0 bridgehead atoms. The molecule has 2 N–H and O–H groups in total. The van der Waals surface area contributed by atoms with Gasteiger partial charge in [0.2, 0.25) is 0 Å². The Morgan fingerprint density at radius 2 is 2.10 bits per heavy atom. The van der Waals surface area contributed by atoms with Crippen molar-refractivity contribution in [3.05, 3.63) is 23.7 Å². The molecule has 0 aliphatic heterocycles. The minimum Gasteiger partial charge on any atom is -0.455 e. The highest BCUT2D eigenvalue weighted by Crippen LogP contribution is 2.30. The molecule has 0 radical (unpaired) electrons. The summed E-state index contributed by atoms with van der Waals surface area (Å²) in [6.45, 7) is 7.11. The van der Waals surface area contributed by atoms with E-state index in [1.165, 1.54) is 0 Å². The lowest BCUT2D eigenvalue weighted by atomic mass is 9.80. The van der Waals surface area contributed by atoms with Crippen LogP contribution in [0.2, 0.25) is 0 Å². The topological polar surface area (TPSA) is 65.7 Å². The van der Waals surface area contributed by atoms with Gasteiger partial charge in [-0.1, -0.05) is 13.8 Å². The van der Waals surface area contributed by atoms with Crippen LogP contribution in [0.1, 0.15) is 49.4 Å². The predicted molar refractivity (Wildman–Crippen MR) is 76.5 cm³/mol. The van der Waals surface area contributed by atoms with E-state index in [1.54, 1.807) is 6.07 Å². The van der Waals surface area contributed by atoms with Gasteiger partial charge in [0.1, 0.15) is 5.76 Å². The lowest BCUT2D eigenvalue weighted by molar-refractivity contribution is -0.0302. The fraction of sp³-hybridized carbons (Fsp3) is 0.667. The molecule has 0 atom stereocenters. The number of carbonyl (C=O) groups excluding carboxylic acids is 1. The van der Waals surface area contributed by atoms with E-state index >= 15 is 0 Å². The lowest BCUT2D eigenvalue weighted by Gasteiger charge is -2.36. The molecule has 112 valence electrons. The summed E-state index contributed by atoms with van der Waals surface area (Å²) in [5, 5.41) is 12.7. The summed E-state index contributed by atoms with van der Waals surface area (Å²) in [5.74, 6) is 0.854. The molecular weight excluding hydrogens is 256 g/mol. The van der Waals surface area contributed by atoms with Crippen molar-refractivity contribution in [3.63, 3.8) is 0 Å². The number of nitrogens with one attached hydrogen (secondary N) is 1. The summed E-state index contributed by atoms with van der Waals surface area (Å²) >= 11 is 0. The summed E-state index contributed by atoms with van der Waals surface area (Å²) in [5.41, 5.74) is -0.702. The van der Waals surface area contributed by atoms with Crippen LogP contribution in [-0.4, -0.2) is 41.1 Å². The number of furan rings is 1. The molecule has 1 saturated carbocycles. The van der Waals surface area contributed by atoms with Crippen LogP contribution in [0.4, 0.5) is 0 Å². The number of carbonyl (C=O) groups is 1. The van der Waals surface area contributed by atoms with E-state index in [0.717, 1.165) is 38.1 Å². The van der Waals surface area contributed by atoms with Crippen molar-refractivity contribution in [3.8, 4) is 0 Å². The van der Waals surface area contributed by atoms with Gasteiger partial charge in [-0.2, -0.15) is 0 Å². The average molecular weight is 280 g/mol. The third kappa shape index (κ3) is 3.61. The molecular formula is C15H24N2O3. The highest BCUT2D eigenvalue weighted by Gasteiger charge is 2.34. The Balaban J connectivity index is 1.86. The molecule has 1 heterocycles. The number of hydrogen-bond acceptors (Lipinski definition) is 4. The maximum absolute atomic E-state index is 11.9. The molecule has 1 fully saturated rings. The monoisotopic (exact) mass is 280 g/mol. The average Bonchev–Trinajstić information content (AvgIpc) is 2.88. The number of nitrogens with zero attached hydrogens (tertiary/aromatic N) is 1. The van der Waals surface area contributed by atoms with Crippen LogP contribution in [0.15, 0.2) is 16.5 Å². The van der Waals surface area contributed by atoms with Crippen LogP contribution in [0.25, 0.3) is 0 Å². The number of aliphatic hydroxyl groups is 1. The molecule has 0 unspecified atom stereocenters. The molecule has 1 aliphatic carbocycles. The molecule has 0 spiro atoms. The standard InChI is InChI=1S/C15H24N2O3/c1-3-17(4-2)10-12-6-7-13(20-12)14(18)16-11-15(19)8-5-9-15/h6-7,19H,3-5,8-11H2,1-2H3,(H,16,18). The fourth-order valence-corrected chi connectivity index (χ4v) is 2.35. The van der Waals surface area contributed by atoms with Crippen LogP contribution in [0, 0.1) is 0 Å².